The summed E-state index contributed by atoms with van der Waals surface area (Å²) < 4.78 is 1.98. The zero-order valence-corrected chi connectivity index (χ0v) is 18.3. The summed E-state index contributed by atoms with van der Waals surface area (Å²) in [6.45, 7) is 4.74. The Morgan fingerprint density at radius 1 is 1.11 bits per heavy atom. The Morgan fingerprint density at radius 3 is 2.36 bits per heavy atom. The van der Waals surface area contributed by atoms with Crippen LogP contribution < -0.4 is 5.32 Å². The van der Waals surface area contributed by atoms with E-state index in [1.807, 2.05) is 42.7 Å². The minimum Gasteiger partial charge on any atom is -0.323 e. The van der Waals surface area contributed by atoms with E-state index < -0.39 is 0 Å². The van der Waals surface area contributed by atoms with E-state index in [1.54, 1.807) is 0 Å². The highest BCUT2D eigenvalue weighted by Crippen LogP contribution is 2.34. The second kappa shape index (κ2) is 9.18. The molecule has 0 aliphatic heterocycles. The lowest BCUT2D eigenvalue weighted by Gasteiger charge is -2.10. The summed E-state index contributed by atoms with van der Waals surface area (Å²) in [6, 6.07) is 11.1. The highest BCUT2D eigenvalue weighted by Gasteiger charge is 2.16. The van der Waals surface area contributed by atoms with Crippen LogP contribution in [0, 0.1) is 6.92 Å². The minimum absolute atomic E-state index is 0.140. The standard InChI is InChI=1S/C19H17Cl3N4OS/c1-3-26-18(12-6-4-11(2)5-7-12)24-25-19(26)28-10-16(27)23-17-14(21)8-13(20)9-15(17)22/h4-9H,3,10H2,1-2H3,(H,23,27). The number of anilines is 1. The van der Waals surface area contributed by atoms with Crippen molar-refractivity contribution >= 4 is 58.2 Å². The molecule has 146 valence electrons. The number of nitrogens with zero attached hydrogens (tertiary/aromatic N) is 3. The fraction of sp³-hybridized carbons (Fsp3) is 0.211. The molecule has 28 heavy (non-hydrogen) atoms. The maximum absolute atomic E-state index is 12.3. The van der Waals surface area contributed by atoms with Gasteiger partial charge in [-0.3, -0.25) is 4.79 Å². The third kappa shape index (κ3) is 4.81. The largest absolute Gasteiger partial charge is 0.323 e. The number of aryl methyl sites for hydroxylation is 1. The van der Waals surface area contributed by atoms with Gasteiger partial charge in [-0.05, 0) is 26.0 Å². The Bertz CT molecular complexity index is 982. The van der Waals surface area contributed by atoms with Crippen molar-refractivity contribution in [1.82, 2.24) is 14.8 Å². The van der Waals surface area contributed by atoms with Crippen LogP contribution in [0.2, 0.25) is 15.1 Å². The predicted octanol–water partition coefficient (Wildman–Crippen LogP) is 5.96. The summed E-state index contributed by atoms with van der Waals surface area (Å²) in [5.41, 5.74) is 2.50. The molecule has 3 aromatic rings. The predicted molar refractivity (Wildman–Crippen MR) is 117 cm³/mol. The third-order valence-corrected chi connectivity index (χ3v) is 5.73. The van der Waals surface area contributed by atoms with Crippen molar-refractivity contribution in [2.24, 2.45) is 0 Å². The smallest absolute Gasteiger partial charge is 0.234 e. The molecule has 3 rings (SSSR count). The van der Waals surface area contributed by atoms with E-state index in [1.165, 1.54) is 29.5 Å². The first-order valence-corrected chi connectivity index (χ1v) is 10.6. The van der Waals surface area contributed by atoms with Crippen molar-refractivity contribution in [3.8, 4) is 11.4 Å². The quantitative estimate of drug-likeness (QED) is 0.466. The van der Waals surface area contributed by atoms with Gasteiger partial charge in [0.1, 0.15) is 0 Å². The molecule has 9 heteroatoms. The summed E-state index contributed by atoms with van der Waals surface area (Å²) in [5.74, 6) is 0.661. The molecule has 1 heterocycles. The maximum atomic E-state index is 12.3. The van der Waals surface area contributed by atoms with Crippen LogP contribution in [0.5, 0.6) is 0 Å². The summed E-state index contributed by atoms with van der Waals surface area (Å²) in [4.78, 5) is 12.3. The van der Waals surface area contributed by atoms with Crippen LogP contribution in [0.4, 0.5) is 5.69 Å². The molecule has 2 aromatic carbocycles. The highest BCUT2D eigenvalue weighted by atomic mass is 35.5. The molecule has 0 saturated carbocycles. The second-order valence-corrected chi connectivity index (χ2v) is 8.19. The lowest BCUT2D eigenvalue weighted by Crippen LogP contribution is -2.15. The van der Waals surface area contributed by atoms with Gasteiger partial charge in [0, 0.05) is 17.1 Å². The van der Waals surface area contributed by atoms with E-state index >= 15 is 0 Å². The molecule has 1 N–H and O–H groups in total. The van der Waals surface area contributed by atoms with Crippen LogP contribution in [-0.4, -0.2) is 26.4 Å². The second-order valence-electron chi connectivity index (χ2n) is 6.00. The van der Waals surface area contributed by atoms with E-state index in [2.05, 4.69) is 15.5 Å². The van der Waals surface area contributed by atoms with Gasteiger partial charge in [-0.1, -0.05) is 76.4 Å². The number of amides is 1. The monoisotopic (exact) mass is 454 g/mol. The number of nitrogens with one attached hydrogen (secondary N) is 1. The first kappa shape index (κ1) is 21.0. The topological polar surface area (TPSA) is 59.8 Å². The van der Waals surface area contributed by atoms with Gasteiger partial charge < -0.3 is 9.88 Å². The number of aromatic nitrogens is 3. The summed E-state index contributed by atoms with van der Waals surface area (Å²) >= 11 is 19.4. The highest BCUT2D eigenvalue weighted by molar-refractivity contribution is 7.99. The minimum atomic E-state index is -0.251. The Hall–Kier alpha value is -1.73. The van der Waals surface area contributed by atoms with Gasteiger partial charge in [0.05, 0.1) is 21.5 Å². The molecule has 0 unspecified atom stereocenters. The van der Waals surface area contributed by atoms with E-state index in [9.17, 15) is 4.79 Å². The Morgan fingerprint density at radius 2 is 1.75 bits per heavy atom. The zero-order valence-electron chi connectivity index (χ0n) is 15.2. The number of carbonyl (C=O) groups excluding carboxylic acids is 1. The van der Waals surface area contributed by atoms with E-state index in [0.717, 1.165) is 11.4 Å². The lowest BCUT2D eigenvalue weighted by molar-refractivity contribution is -0.113. The van der Waals surface area contributed by atoms with Gasteiger partial charge in [-0.25, -0.2) is 0 Å². The average molecular weight is 456 g/mol. The molecule has 0 saturated heterocycles. The molecule has 0 spiro atoms. The van der Waals surface area contributed by atoms with Crippen molar-refractivity contribution in [3.05, 3.63) is 57.0 Å². The molecule has 0 aliphatic rings. The van der Waals surface area contributed by atoms with Gasteiger partial charge in [-0.15, -0.1) is 10.2 Å². The average Bonchev–Trinajstić information content (AvgIpc) is 3.06. The molecule has 1 amide bonds. The van der Waals surface area contributed by atoms with Crippen molar-refractivity contribution < 1.29 is 4.79 Å². The van der Waals surface area contributed by atoms with Gasteiger partial charge in [0.2, 0.25) is 5.91 Å². The number of hydrogen-bond donors (Lipinski definition) is 1. The molecule has 0 atom stereocenters. The maximum Gasteiger partial charge on any atom is 0.234 e. The number of rotatable bonds is 6. The van der Waals surface area contributed by atoms with Crippen LogP contribution >= 0.6 is 46.6 Å². The van der Waals surface area contributed by atoms with Crippen LogP contribution in [0.25, 0.3) is 11.4 Å². The molecule has 1 aromatic heterocycles. The zero-order chi connectivity index (χ0) is 20.3. The fourth-order valence-electron chi connectivity index (χ4n) is 2.56. The Labute approximate surface area is 182 Å². The molecule has 0 aliphatic carbocycles. The van der Waals surface area contributed by atoms with Crippen LogP contribution in [0.1, 0.15) is 12.5 Å². The van der Waals surface area contributed by atoms with Crippen molar-refractivity contribution in [1.29, 1.82) is 0 Å². The summed E-state index contributed by atoms with van der Waals surface area (Å²) in [6.07, 6.45) is 0. The summed E-state index contributed by atoms with van der Waals surface area (Å²) in [5, 5.41) is 12.9. The SMILES string of the molecule is CCn1c(SCC(=O)Nc2c(Cl)cc(Cl)cc2Cl)nnc1-c1ccc(C)cc1. The van der Waals surface area contributed by atoms with E-state index in [0.29, 0.717) is 22.4 Å². The number of carbonyl (C=O) groups is 1. The van der Waals surface area contributed by atoms with Crippen molar-refractivity contribution in [3.63, 3.8) is 0 Å². The first-order valence-electron chi connectivity index (χ1n) is 8.46. The molecule has 5 nitrogen and oxygen atoms in total. The molecular weight excluding hydrogens is 439 g/mol. The number of halogens is 3. The van der Waals surface area contributed by atoms with Crippen molar-refractivity contribution in [2.45, 2.75) is 25.5 Å². The number of hydrogen-bond acceptors (Lipinski definition) is 4. The first-order chi connectivity index (χ1) is 13.4. The Kier molecular flexibility index (Phi) is 6.88. The van der Waals surface area contributed by atoms with E-state index in [4.69, 9.17) is 34.8 Å². The lowest BCUT2D eigenvalue weighted by atomic mass is 10.1. The van der Waals surface area contributed by atoms with Gasteiger partial charge in [0.25, 0.3) is 0 Å². The van der Waals surface area contributed by atoms with Gasteiger partial charge >= 0.3 is 0 Å². The van der Waals surface area contributed by atoms with Gasteiger partial charge in [-0.2, -0.15) is 0 Å². The number of benzene rings is 2. The fourth-order valence-corrected chi connectivity index (χ4v) is 4.28. The Balaban J connectivity index is 1.71. The molecular formula is C19H17Cl3N4OS. The van der Waals surface area contributed by atoms with Crippen LogP contribution in [-0.2, 0) is 11.3 Å². The van der Waals surface area contributed by atoms with E-state index in [-0.39, 0.29) is 21.7 Å². The molecule has 0 fully saturated rings. The molecule has 0 radical (unpaired) electrons. The van der Waals surface area contributed by atoms with Crippen LogP contribution in [0.15, 0.2) is 41.6 Å². The third-order valence-electron chi connectivity index (χ3n) is 3.95. The van der Waals surface area contributed by atoms with Crippen molar-refractivity contribution in [2.75, 3.05) is 11.1 Å². The van der Waals surface area contributed by atoms with Crippen LogP contribution in [0.3, 0.4) is 0 Å². The van der Waals surface area contributed by atoms with Gasteiger partial charge in [0.15, 0.2) is 11.0 Å². The summed E-state index contributed by atoms with van der Waals surface area (Å²) in [7, 11) is 0. The molecule has 0 bridgehead atoms. The number of thioether (sulfide) groups is 1. The normalized spacial score (nSPS) is 10.9.